The predicted molar refractivity (Wildman–Crippen MR) is 83.4 cm³/mol. The van der Waals surface area contributed by atoms with E-state index in [0.29, 0.717) is 12.1 Å². The maximum absolute atomic E-state index is 11.8. The van der Waals surface area contributed by atoms with E-state index in [1.807, 2.05) is 7.05 Å². The van der Waals surface area contributed by atoms with E-state index in [4.69, 9.17) is 5.11 Å². The van der Waals surface area contributed by atoms with Crippen molar-refractivity contribution >= 4 is 17.6 Å². The summed E-state index contributed by atoms with van der Waals surface area (Å²) >= 11 is 0. The summed E-state index contributed by atoms with van der Waals surface area (Å²) in [7, 11) is 2.02. The van der Waals surface area contributed by atoms with Crippen molar-refractivity contribution in [2.75, 3.05) is 25.5 Å². The number of nitrogens with one attached hydrogen (secondary N) is 1. The molecule has 5 heteroatoms. The Hall–Kier alpha value is -1.88. The molecule has 0 aliphatic heterocycles. The second kappa shape index (κ2) is 9.13. The molecule has 0 unspecified atom stereocenters. The number of carboxylic acids is 1. The van der Waals surface area contributed by atoms with Crippen molar-refractivity contribution in [2.45, 2.75) is 32.6 Å². The Balaban J connectivity index is 2.35. The predicted octanol–water partition coefficient (Wildman–Crippen LogP) is 2.37. The van der Waals surface area contributed by atoms with Gasteiger partial charge in [-0.25, -0.2) is 0 Å². The number of hydrogen-bond acceptors (Lipinski definition) is 3. The monoisotopic (exact) mass is 292 g/mol. The van der Waals surface area contributed by atoms with Crippen LogP contribution in [0.2, 0.25) is 0 Å². The number of rotatable bonds is 9. The summed E-state index contributed by atoms with van der Waals surface area (Å²) in [6.07, 6.45) is 2.75. The number of carbonyl (C=O) groups is 2. The molecule has 0 aliphatic carbocycles. The molecular weight excluding hydrogens is 268 g/mol. The number of aliphatic carboxylic acids is 1. The Morgan fingerprint density at radius 1 is 1.19 bits per heavy atom. The molecule has 0 bridgehead atoms. The van der Waals surface area contributed by atoms with Crippen molar-refractivity contribution in [3.05, 3.63) is 29.8 Å². The molecule has 0 saturated heterocycles. The molecule has 0 aromatic heterocycles. The molecule has 1 amide bonds. The van der Waals surface area contributed by atoms with Crippen LogP contribution in [-0.2, 0) is 16.0 Å². The molecule has 1 aromatic rings. The van der Waals surface area contributed by atoms with Gasteiger partial charge in [-0.1, -0.05) is 25.5 Å². The third kappa shape index (κ3) is 7.46. The lowest BCUT2D eigenvalue weighted by atomic mass is 10.1. The van der Waals surface area contributed by atoms with Crippen LogP contribution >= 0.6 is 0 Å². The average molecular weight is 292 g/mol. The van der Waals surface area contributed by atoms with Gasteiger partial charge in [0.25, 0.3) is 0 Å². The highest BCUT2D eigenvalue weighted by atomic mass is 16.4. The van der Waals surface area contributed by atoms with E-state index in [2.05, 4.69) is 17.1 Å². The van der Waals surface area contributed by atoms with Gasteiger partial charge in [-0.15, -0.1) is 0 Å². The second-order valence-corrected chi connectivity index (χ2v) is 5.22. The molecular formula is C16H24N2O3. The lowest BCUT2D eigenvalue weighted by molar-refractivity contribution is -0.136. The van der Waals surface area contributed by atoms with Crippen LogP contribution in [0.3, 0.4) is 0 Å². The van der Waals surface area contributed by atoms with E-state index in [-0.39, 0.29) is 12.3 Å². The van der Waals surface area contributed by atoms with E-state index in [9.17, 15) is 9.59 Å². The maximum Gasteiger partial charge on any atom is 0.307 e. The minimum atomic E-state index is -0.859. The molecule has 0 spiro atoms. The van der Waals surface area contributed by atoms with Gasteiger partial charge >= 0.3 is 5.97 Å². The van der Waals surface area contributed by atoms with Crippen LogP contribution < -0.4 is 5.32 Å². The summed E-state index contributed by atoms with van der Waals surface area (Å²) in [5, 5.41) is 11.5. The first-order valence-electron chi connectivity index (χ1n) is 7.30. The lowest BCUT2D eigenvalue weighted by Crippen LogP contribution is -2.25. The van der Waals surface area contributed by atoms with Crippen LogP contribution in [0.15, 0.2) is 24.3 Å². The van der Waals surface area contributed by atoms with Crippen LogP contribution in [0.5, 0.6) is 0 Å². The van der Waals surface area contributed by atoms with Crippen LogP contribution in [-0.4, -0.2) is 42.0 Å². The number of benzene rings is 1. The molecule has 1 rings (SSSR count). The number of carbonyl (C=O) groups excluding carboxylic acids is 1. The van der Waals surface area contributed by atoms with Gasteiger partial charge in [0.2, 0.25) is 5.91 Å². The molecule has 0 radical (unpaired) electrons. The Morgan fingerprint density at radius 3 is 2.43 bits per heavy atom. The van der Waals surface area contributed by atoms with Crippen molar-refractivity contribution < 1.29 is 14.7 Å². The number of nitrogens with zero attached hydrogens (tertiary/aromatic N) is 1. The van der Waals surface area contributed by atoms with Gasteiger partial charge in [-0.2, -0.15) is 0 Å². The SMILES string of the molecule is CCCCN(C)CCC(=O)Nc1ccc(CC(=O)O)cc1. The summed E-state index contributed by atoms with van der Waals surface area (Å²) in [6, 6.07) is 6.90. The van der Waals surface area contributed by atoms with Crippen molar-refractivity contribution in [2.24, 2.45) is 0 Å². The average Bonchev–Trinajstić information content (AvgIpc) is 2.44. The van der Waals surface area contributed by atoms with Crippen molar-refractivity contribution in [1.29, 1.82) is 0 Å². The first-order valence-corrected chi connectivity index (χ1v) is 7.30. The van der Waals surface area contributed by atoms with Crippen LogP contribution in [0.4, 0.5) is 5.69 Å². The van der Waals surface area contributed by atoms with Gasteiger partial charge in [-0.3, -0.25) is 9.59 Å². The summed E-state index contributed by atoms with van der Waals surface area (Å²) < 4.78 is 0. The van der Waals surface area contributed by atoms with E-state index in [1.54, 1.807) is 24.3 Å². The van der Waals surface area contributed by atoms with Crippen molar-refractivity contribution in [3.8, 4) is 0 Å². The third-order valence-electron chi connectivity index (χ3n) is 3.21. The number of amides is 1. The van der Waals surface area contributed by atoms with E-state index in [1.165, 1.54) is 0 Å². The zero-order valence-electron chi connectivity index (χ0n) is 12.8. The molecule has 0 aliphatic rings. The lowest BCUT2D eigenvalue weighted by Gasteiger charge is -2.15. The Morgan fingerprint density at radius 2 is 1.86 bits per heavy atom. The Kier molecular flexibility index (Phi) is 7.46. The summed E-state index contributed by atoms with van der Waals surface area (Å²) in [5.74, 6) is -0.883. The minimum absolute atomic E-state index is 0.00352. The van der Waals surface area contributed by atoms with Crippen LogP contribution in [0, 0.1) is 0 Å². The normalized spacial score (nSPS) is 10.6. The number of carboxylic acid groups (broad SMARTS) is 1. The molecule has 1 aromatic carbocycles. The minimum Gasteiger partial charge on any atom is -0.481 e. The van der Waals surface area contributed by atoms with Gasteiger partial charge in [0.05, 0.1) is 6.42 Å². The van der Waals surface area contributed by atoms with Gasteiger partial charge < -0.3 is 15.3 Å². The smallest absolute Gasteiger partial charge is 0.307 e. The second-order valence-electron chi connectivity index (χ2n) is 5.22. The molecule has 116 valence electrons. The van der Waals surface area contributed by atoms with E-state index in [0.717, 1.165) is 31.5 Å². The fourth-order valence-corrected chi connectivity index (χ4v) is 1.94. The molecule has 0 fully saturated rings. The van der Waals surface area contributed by atoms with Gasteiger partial charge in [0, 0.05) is 18.7 Å². The number of hydrogen-bond donors (Lipinski definition) is 2. The molecule has 0 heterocycles. The van der Waals surface area contributed by atoms with Gasteiger partial charge in [0.15, 0.2) is 0 Å². The van der Waals surface area contributed by atoms with Crippen LogP contribution in [0.25, 0.3) is 0 Å². The summed E-state index contributed by atoms with van der Waals surface area (Å²) in [6.45, 7) is 3.89. The van der Waals surface area contributed by atoms with Gasteiger partial charge in [0.1, 0.15) is 0 Å². The zero-order chi connectivity index (χ0) is 15.7. The Labute approximate surface area is 126 Å². The van der Waals surface area contributed by atoms with Crippen molar-refractivity contribution in [3.63, 3.8) is 0 Å². The summed E-state index contributed by atoms with van der Waals surface area (Å²) in [5.41, 5.74) is 1.42. The van der Waals surface area contributed by atoms with E-state index >= 15 is 0 Å². The summed E-state index contributed by atoms with van der Waals surface area (Å²) in [4.78, 5) is 24.6. The highest BCUT2D eigenvalue weighted by Gasteiger charge is 2.06. The molecule has 0 saturated carbocycles. The third-order valence-corrected chi connectivity index (χ3v) is 3.21. The standard InChI is InChI=1S/C16H24N2O3/c1-3-4-10-18(2)11-9-15(19)17-14-7-5-13(6-8-14)12-16(20)21/h5-8H,3-4,9-12H2,1-2H3,(H,17,19)(H,20,21). The fourth-order valence-electron chi connectivity index (χ4n) is 1.94. The molecule has 5 nitrogen and oxygen atoms in total. The largest absolute Gasteiger partial charge is 0.481 e. The molecule has 21 heavy (non-hydrogen) atoms. The quantitative estimate of drug-likeness (QED) is 0.733. The molecule has 0 atom stereocenters. The van der Waals surface area contributed by atoms with E-state index < -0.39 is 5.97 Å². The topological polar surface area (TPSA) is 69.6 Å². The van der Waals surface area contributed by atoms with Gasteiger partial charge in [-0.05, 0) is 37.7 Å². The highest BCUT2D eigenvalue weighted by Crippen LogP contribution is 2.10. The maximum atomic E-state index is 11.8. The number of anilines is 1. The zero-order valence-corrected chi connectivity index (χ0v) is 12.8. The fraction of sp³-hybridized carbons (Fsp3) is 0.500. The Bertz CT molecular complexity index is 457. The number of unbranched alkanes of at least 4 members (excludes halogenated alkanes) is 1. The van der Waals surface area contributed by atoms with Crippen molar-refractivity contribution in [1.82, 2.24) is 4.90 Å². The molecule has 2 N–H and O–H groups in total. The highest BCUT2D eigenvalue weighted by molar-refractivity contribution is 5.90. The van der Waals surface area contributed by atoms with Crippen LogP contribution in [0.1, 0.15) is 31.7 Å². The first-order chi connectivity index (χ1) is 10.0. The first kappa shape index (κ1) is 17.2.